The van der Waals surface area contributed by atoms with E-state index in [2.05, 4.69) is 10.6 Å². The van der Waals surface area contributed by atoms with Crippen molar-refractivity contribution in [2.45, 2.75) is 13.0 Å². The summed E-state index contributed by atoms with van der Waals surface area (Å²) < 4.78 is 10.4. The fourth-order valence-corrected chi connectivity index (χ4v) is 2.70. The van der Waals surface area contributed by atoms with Gasteiger partial charge in [-0.25, -0.2) is 4.79 Å². The molecule has 0 aliphatic heterocycles. The molecule has 7 nitrogen and oxygen atoms in total. The largest absolute Gasteiger partial charge is 0.493 e. The lowest BCUT2D eigenvalue weighted by Crippen LogP contribution is -2.26. The number of hydrogen-bond donors (Lipinski definition) is 3. The molecule has 0 aliphatic rings. The average Bonchev–Trinajstić information content (AvgIpc) is 2.60. The van der Waals surface area contributed by atoms with E-state index in [1.807, 2.05) is 6.92 Å². The molecule has 8 heteroatoms. The molecular formula is C18H20ClN3O4. The molecule has 4 N–H and O–H groups in total. The first-order valence-corrected chi connectivity index (χ1v) is 8.12. The number of nitrogens with two attached hydrogens (primary N) is 1. The molecule has 2 aromatic carbocycles. The van der Waals surface area contributed by atoms with Crippen LogP contribution in [-0.2, 0) is 0 Å². The first kappa shape index (κ1) is 19.4. The van der Waals surface area contributed by atoms with Gasteiger partial charge in [-0.2, -0.15) is 0 Å². The van der Waals surface area contributed by atoms with Crippen LogP contribution in [0.4, 0.5) is 10.5 Å². The van der Waals surface area contributed by atoms with Crippen molar-refractivity contribution in [2.24, 2.45) is 5.73 Å². The van der Waals surface area contributed by atoms with Crippen molar-refractivity contribution in [3.63, 3.8) is 0 Å². The number of hydrogen-bond acceptors (Lipinski definition) is 4. The molecule has 2 rings (SSSR count). The molecular weight excluding hydrogens is 358 g/mol. The Kier molecular flexibility index (Phi) is 6.30. The smallest absolute Gasteiger partial charge is 0.316 e. The van der Waals surface area contributed by atoms with Gasteiger partial charge >= 0.3 is 6.03 Å². The van der Waals surface area contributed by atoms with E-state index in [1.54, 1.807) is 30.3 Å². The van der Waals surface area contributed by atoms with Crippen molar-refractivity contribution in [1.29, 1.82) is 0 Å². The van der Waals surface area contributed by atoms with E-state index >= 15 is 0 Å². The Balaban J connectivity index is 2.14. The van der Waals surface area contributed by atoms with Gasteiger partial charge in [-0.1, -0.05) is 23.7 Å². The number of anilines is 1. The van der Waals surface area contributed by atoms with Gasteiger partial charge in [0.1, 0.15) is 0 Å². The Hall–Kier alpha value is -2.93. The summed E-state index contributed by atoms with van der Waals surface area (Å²) in [5, 5.41) is 5.64. The molecule has 0 aromatic heterocycles. The van der Waals surface area contributed by atoms with Gasteiger partial charge in [0.15, 0.2) is 11.5 Å². The highest BCUT2D eigenvalue weighted by Gasteiger charge is 2.17. The summed E-state index contributed by atoms with van der Waals surface area (Å²) in [7, 11) is 2.95. The number of carbonyl (C=O) groups is 2. The van der Waals surface area contributed by atoms with Crippen molar-refractivity contribution in [2.75, 3.05) is 19.5 Å². The summed E-state index contributed by atoms with van der Waals surface area (Å²) in [4.78, 5) is 23.4. The number of primary amides is 1. The van der Waals surface area contributed by atoms with Gasteiger partial charge in [0.25, 0.3) is 5.91 Å². The zero-order valence-electron chi connectivity index (χ0n) is 14.6. The molecule has 0 saturated heterocycles. The van der Waals surface area contributed by atoms with Crippen molar-refractivity contribution in [1.82, 2.24) is 5.32 Å². The summed E-state index contributed by atoms with van der Waals surface area (Å²) in [6, 6.07) is 9.17. The van der Waals surface area contributed by atoms with E-state index in [4.69, 9.17) is 26.8 Å². The number of halogens is 1. The predicted molar refractivity (Wildman–Crippen MR) is 100 cm³/mol. The van der Waals surface area contributed by atoms with Gasteiger partial charge in [-0.15, -0.1) is 0 Å². The van der Waals surface area contributed by atoms with Crippen LogP contribution in [0, 0.1) is 0 Å². The number of urea groups is 1. The van der Waals surface area contributed by atoms with Crippen molar-refractivity contribution < 1.29 is 19.1 Å². The Labute approximate surface area is 156 Å². The van der Waals surface area contributed by atoms with Crippen LogP contribution in [0.25, 0.3) is 0 Å². The van der Waals surface area contributed by atoms with Crippen LogP contribution in [-0.4, -0.2) is 26.2 Å². The molecule has 0 saturated carbocycles. The number of rotatable bonds is 6. The fourth-order valence-electron chi connectivity index (χ4n) is 2.41. The summed E-state index contributed by atoms with van der Waals surface area (Å²) >= 11 is 6.14. The number of nitrogens with one attached hydrogen (secondary N) is 2. The minimum atomic E-state index is -0.635. The van der Waals surface area contributed by atoms with Crippen molar-refractivity contribution >= 4 is 29.2 Å². The maximum Gasteiger partial charge on any atom is 0.316 e. The molecule has 0 unspecified atom stereocenters. The quantitative estimate of drug-likeness (QED) is 0.718. The molecule has 0 heterocycles. The van der Waals surface area contributed by atoms with E-state index in [1.165, 1.54) is 20.3 Å². The third kappa shape index (κ3) is 4.58. The Bertz CT molecular complexity index is 809. The summed E-state index contributed by atoms with van der Waals surface area (Å²) in [5.41, 5.74) is 6.86. The Morgan fingerprint density at radius 2 is 1.77 bits per heavy atom. The van der Waals surface area contributed by atoms with Crippen LogP contribution >= 0.6 is 11.6 Å². The lowest BCUT2D eigenvalue weighted by molar-refractivity contribution is 0.0939. The SMILES string of the molecule is COc1cc(C(=O)N[C@@H](C)c2ccc(NC(N)=O)cc2)cc(Cl)c1OC. The second kappa shape index (κ2) is 8.44. The topological polar surface area (TPSA) is 103 Å². The minimum absolute atomic E-state index is 0.267. The molecule has 3 amide bonds. The summed E-state index contributed by atoms with van der Waals surface area (Å²) in [6.07, 6.45) is 0. The lowest BCUT2D eigenvalue weighted by atomic mass is 10.1. The van der Waals surface area contributed by atoms with E-state index in [0.29, 0.717) is 22.7 Å². The fraction of sp³-hybridized carbons (Fsp3) is 0.222. The monoisotopic (exact) mass is 377 g/mol. The van der Waals surface area contributed by atoms with E-state index in [9.17, 15) is 9.59 Å². The highest BCUT2D eigenvalue weighted by Crippen LogP contribution is 2.36. The normalized spacial score (nSPS) is 11.4. The van der Waals surface area contributed by atoms with E-state index in [0.717, 1.165) is 5.56 Å². The second-order valence-electron chi connectivity index (χ2n) is 5.50. The first-order valence-electron chi connectivity index (χ1n) is 7.74. The van der Waals surface area contributed by atoms with Gasteiger partial charge in [0, 0.05) is 11.3 Å². The average molecular weight is 378 g/mol. The van der Waals surface area contributed by atoms with Crippen LogP contribution in [0.5, 0.6) is 11.5 Å². The zero-order valence-corrected chi connectivity index (χ0v) is 15.4. The van der Waals surface area contributed by atoms with Gasteiger partial charge < -0.3 is 25.8 Å². The highest BCUT2D eigenvalue weighted by molar-refractivity contribution is 6.32. The molecule has 0 fully saturated rings. The molecule has 0 bridgehead atoms. The third-order valence-electron chi connectivity index (χ3n) is 3.72. The Morgan fingerprint density at radius 1 is 1.12 bits per heavy atom. The summed E-state index contributed by atoms with van der Waals surface area (Å²) in [5.74, 6) is 0.440. The predicted octanol–water partition coefficient (Wildman–Crippen LogP) is 3.34. The maximum atomic E-state index is 12.5. The van der Waals surface area contributed by atoms with Gasteiger partial charge in [0.2, 0.25) is 0 Å². The van der Waals surface area contributed by atoms with Crippen LogP contribution < -0.4 is 25.8 Å². The Morgan fingerprint density at radius 3 is 2.31 bits per heavy atom. The first-order chi connectivity index (χ1) is 12.3. The van der Waals surface area contributed by atoms with E-state index < -0.39 is 6.03 Å². The van der Waals surface area contributed by atoms with Crippen molar-refractivity contribution in [3.8, 4) is 11.5 Å². The van der Waals surface area contributed by atoms with E-state index in [-0.39, 0.29) is 17.0 Å². The number of methoxy groups -OCH3 is 2. The van der Waals surface area contributed by atoms with Crippen LogP contribution in [0.3, 0.4) is 0 Å². The number of amides is 3. The van der Waals surface area contributed by atoms with Gasteiger partial charge in [-0.05, 0) is 36.8 Å². The van der Waals surface area contributed by atoms with Crippen LogP contribution in [0.15, 0.2) is 36.4 Å². The summed E-state index contributed by atoms with van der Waals surface area (Å²) in [6.45, 7) is 1.84. The molecule has 0 spiro atoms. The maximum absolute atomic E-state index is 12.5. The second-order valence-corrected chi connectivity index (χ2v) is 5.91. The highest BCUT2D eigenvalue weighted by atomic mass is 35.5. The third-order valence-corrected chi connectivity index (χ3v) is 4.00. The minimum Gasteiger partial charge on any atom is -0.493 e. The van der Waals surface area contributed by atoms with Gasteiger partial charge in [0.05, 0.1) is 25.3 Å². The lowest BCUT2D eigenvalue weighted by Gasteiger charge is -2.16. The number of ether oxygens (including phenoxy) is 2. The molecule has 26 heavy (non-hydrogen) atoms. The number of carbonyl (C=O) groups excluding carboxylic acids is 2. The molecule has 0 radical (unpaired) electrons. The molecule has 138 valence electrons. The zero-order chi connectivity index (χ0) is 19.3. The molecule has 0 aliphatic carbocycles. The molecule has 1 atom stereocenters. The van der Waals surface area contributed by atoms with Gasteiger partial charge in [-0.3, -0.25) is 4.79 Å². The van der Waals surface area contributed by atoms with Crippen LogP contribution in [0.1, 0.15) is 28.9 Å². The standard InChI is InChI=1S/C18H20ClN3O4/c1-10(11-4-6-13(7-5-11)22-18(20)24)21-17(23)12-8-14(19)16(26-3)15(9-12)25-2/h4-10H,1-3H3,(H,21,23)(H3,20,22,24)/t10-/m0/s1. The number of benzene rings is 2. The molecule has 2 aromatic rings. The van der Waals surface area contributed by atoms with Crippen LogP contribution in [0.2, 0.25) is 5.02 Å². The van der Waals surface area contributed by atoms with Crippen molar-refractivity contribution in [3.05, 3.63) is 52.5 Å².